The molecule has 4 rings (SSSR count). The van der Waals surface area contributed by atoms with E-state index in [9.17, 15) is 31.1 Å². The summed E-state index contributed by atoms with van der Waals surface area (Å²) in [4.78, 5) is 16.7. The van der Waals surface area contributed by atoms with Crippen LogP contribution in [0.25, 0.3) is 0 Å². The van der Waals surface area contributed by atoms with Gasteiger partial charge in [-0.25, -0.2) is 0 Å². The molecule has 0 aliphatic carbocycles. The summed E-state index contributed by atoms with van der Waals surface area (Å²) in [5.74, 6) is -0.764. The SMILES string of the molecule is O=C1N(c2ccc(OC(F)(F)F)cc2)CCC12CCN(c1cccc(OC(F)(F)F)c1)CC2. The summed E-state index contributed by atoms with van der Waals surface area (Å²) in [6.45, 7) is 1.40. The van der Waals surface area contributed by atoms with E-state index in [1.54, 1.807) is 11.0 Å². The molecule has 2 aliphatic rings. The van der Waals surface area contributed by atoms with Crippen molar-refractivity contribution in [1.29, 1.82) is 0 Å². The third-order valence-corrected chi connectivity index (χ3v) is 6.03. The number of amides is 1. The number of rotatable bonds is 4. The Hall–Kier alpha value is -3.11. The third-order valence-electron chi connectivity index (χ3n) is 6.03. The first-order valence-electron chi connectivity index (χ1n) is 10.2. The van der Waals surface area contributed by atoms with Gasteiger partial charge >= 0.3 is 12.7 Å². The molecule has 11 heteroatoms. The molecule has 0 bridgehead atoms. The second-order valence-electron chi connectivity index (χ2n) is 8.06. The minimum Gasteiger partial charge on any atom is -0.406 e. The van der Waals surface area contributed by atoms with Crippen LogP contribution < -0.4 is 19.3 Å². The summed E-state index contributed by atoms with van der Waals surface area (Å²) < 4.78 is 82.4. The molecule has 2 heterocycles. The molecule has 0 unspecified atom stereocenters. The van der Waals surface area contributed by atoms with Crippen LogP contribution in [0.5, 0.6) is 11.5 Å². The van der Waals surface area contributed by atoms with Crippen molar-refractivity contribution in [3.8, 4) is 11.5 Å². The smallest absolute Gasteiger partial charge is 0.406 e. The molecule has 178 valence electrons. The average molecular weight is 474 g/mol. The van der Waals surface area contributed by atoms with Crippen LogP contribution in [0.4, 0.5) is 37.7 Å². The lowest BCUT2D eigenvalue weighted by Gasteiger charge is -2.39. The van der Waals surface area contributed by atoms with Gasteiger partial charge in [0.05, 0.1) is 5.41 Å². The number of carbonyl (C=O) groups excluding carboxylic acids is 1. The predicted octanol–water partition coefficient (Wildman–Crippen LogP) is 5.51. The molecule has 0 atom stereocenters. The Morgan fingerprint density at radius 1 is 0.727 bits per heavy atom. The van der Waals surface area contributed by atoms with Crippen LogP contribution in [0.2, 0.25) is 0 Å². The van der Waals surface area contributed by atoms with Crippen molar-refractivity contribution in [2.45, 2.75) is 32.0 Å². The molecule has 0 aromatic heterocycles. The molecule has 2 fully saturated rings. The quantitative estimate of drug-likeness (QED) is 0.549. The summed E-state index contributed by atoms with van der Waals surface area (Å²) in [6.07, 6.45) is -7.94. The molecule has 0 saturated carbocycles. The fraction of sp³-hybridized carbons (Fsp3) is 0.409. The molecule has 0 N–H and O–H groups in total. The zero-order valence-electron chi connectivity index (χ0n) is 17.2. The van der Waals surface area contributed by atoms with Crippen molar-refractivity contribution in [2.75, 3.05) is 29.4 Å². The third kappa shape index (κ3) is 5.28. The lowest BCUT2D eigenvalue weighted by atomic mass is 9.77. The van der Waals surface area contributed by atoms with Crippen LogP contribution in [0.3, 0.4) is 0 Å². The van der Waals surface area contributed by atoms with Gasteiger partial charge < -0.3 is 19.3 Å². The van der Waals surface area contributed by atoms with E-state index in [0.717, 1.165) is 0 Å². The van der Waals surface area contributed by atoms with E-state index in [1.807, 2.05) is 4.90 Å². The molecular weight excluding hydrogens is 454 g/mol. The van der Waals surface area contributed by atoms with Crippen LogP contribution in [0.15, 0.2) is 48.5 Å². The number of hydrogen-bond donors (Lipinski definition) is 0. The highest BCUT2D eigenvalue weighted by atomic mass is 19.4. The Morgan fingerprint density at radius 3 is 1.91 bits per heavy atom. The van der Waals surface area contributed by atoms with Gasteiger partial charge in [-0.2, -0.15) is 0 Å². The second kappa shape index (κ2) is 8.35. The van der Waals surface area contributed by atoms with Crippen molar-refractivity contribution in [3.63, 3.8) is 0 Å². The van der Waals surface area contributed by atoms with E-state index in [2.05, 4.69) is 9.47 Å². The van der Waals surface area contributed by atoms with Crippen LogP contribution in [0.1, 0.15) is 19.3 Å². The minimum atomic E-state index is -4.79. The van der Waals surface area contributed by atoms with Crippen LogP contribution in [0, 0.1) is 5.41 Å². The number of halogens is 6. The monoisotopic (exact) mass is 474 g/mol. The zero-order valence-corrected chi connectivity index (χ0v) is 17.2. The lowest BCUT2D eigenvalue weighted by molar-refractivity contribution is -0.275. The van der Waals surface area contributed by atoms with E-state index in [-0.39, 0.29) is 17.4 Å². The summed E-state index contributed by atoms with van der Waals surface area (Å²) in [7, 11) is 0. The first-order chi connectivity index (χ1) is 15.4. The van der Waals surface area contributed by atoms with E-state index >= 15 is 0 Å². The van der Waals surface area contributed by atoms with Gasteiger partial charge in [0.15, 0.2) is 0 Å². The van der Waals surface area contributed by atoms with Gasteiger partial charge in [-0.1, -0.05) is 6.07 Å². The number of hydrogen-bond acceptors (Lipinski definition) is 4. The van der Waals surface area contributed by atoms with Gasteiger partial charge in [0.1, 0.15) is 11.5 Å². The maximum Gasteiger partial charge on any atom is 0.573 e. The molecule has 2 aromatic rings. The molecular formula is C22H20F6N2O3. The molecule has 5 nitrogen and oxygen atoms in total. The van der Waals surface area contributed by atoms with Gasteiger partial charge in [0.2, 0.25) is 5.91 Å². The number of anilines is 2. The summed E-state index contributed by atoms with van der Waals surface area (Å²) in [6, 6.07) is 10.9. The fourth-order valence-electron chi connectivity index (χ4n) is 4.43. The van der Waals surface area contributed by atoms with Gasteiger partial charge in [-0.3, -0.25) is 4.79 Å². The molecule has 2 saturated heterocycles. The average Bonchev–Trinajstić information content (AvgIpc) is 3.03. The normalized spacial score (nSPS) is 18.7. The summed E-state index contributed by atoms with van der Waals surface area (Å²) in [5.41, 5.74) is 0.470. The van der Waals surface area contributed by atoms with Crippen LogP contribution in [-0.2, 0) is 4.79 Å². The largest absolute Gasteiger partial charge is 0.573 e. The molecule has 1 spiro atoms. The topological polar surface area (TPSA) is 42.0 Å². The van der Waals surface area contributed by atoms with Crippen molar-refractivity contribution in [1.82, 2.24) is 0 Å². The Morgan fingerprint density at radius 2 is 1.30 bits per heavy atom. The van der Waals surface area contributed by atoms with Crippen molar-refractivity contribution in [2.24, 2.45) is 5.41 Å². The van der Waals surface area contributed by atoms with E-state index in [0.29, 0.717) is 50.3 Å². The molecule has 2 aliphatic heterocycles. The Kier molecular flexibility index (Phi) is 5.83. The predicted molar refractivity (Wildman–Crippen MR) is 107 cm³/mol. The molecule has 1 amide bonds. The van der Waals surface area contributed by atoms with Gasteiger partial charge in [-0.05, 0) is 55.7 Å². The zero-order chi connectivity index (χ0) is 23.9. The highest BCUT2D eigenvalue weighted by molar-refractivity contribution is 6.00. The van der Waals surface area contributed by atoms with Gasteiger partial charge in [-0.15, -0.1) is 26.3 Å². The number of carbonyl (C=O) groups is 1. The van der Waals surface area contributed by atoms with Crippen LogP contribution in [-0.4, -0.2) is 38.3 Å². The minimum absolute atomic E-state index is 0.0965. The van der Waals surface area contributed by atoms with E-state index < -0.39 is 18.1 Å². The Balaban J connectivity index is 1.40. The van der Waals surface area contributed by atoms with E-state index in [1.165, 1.54) is 42.5 Å². The first-order valence-corrected chi connectivity index (χ1v) is 10.2. The number of benzene rings is 2. The Labute approximate surface area is 185 Å². The number of nitrogens with zero attached hydrogens (tertiary/aromatic N) is 2. The maximum atomic E-state index is 13.2. The van der Waals surface area contributed by atoms with Gasteiger partial charge in [0.25, 0.3) is 0 Å². The van der Waals surface area contributed by atoms with E-state index in [4.69, 9.17) is 0 Å². The highest BCUT2D eigenvalue weighted by Crippen LogP contribution is 2.44. The van der Waals surface area contributed by atoms with Crippen molar-refractivity contribution in [3.05, 3.63) is 48.5 Å². The lowest BCUT2D eigenvalue weighted by Crippen LogP contribution is -2.44. The number of piperidine rings is 1. The fourth-order valence-corrected chi connectivity index (χ4v) is 4.43. The number of alkyl halides is 6. The Bertz CT molecular complexity index is 998. The molecule has 0 radical (unpaired) electrons. The van der Waals surface area contributed by atoms with Crippen molar-refractivity contribution >= 4 is 17.3 Å². The van der Waals surface area contributed by atoms with Crippen LogP contribution >= 0.6 is 0 Å². The van der Waals surface area contributed by atoms with Gasteiger partial charge in [0, 0.05) is 37.1 Å². The molecule has 2 aromatic carbocycles. The summed E-state index contributed by atoms with van der Waals surface area (Å²) in [5, 5.41) is 0. The maximum absolute atomic E-state index is 13.2. The molecule has 33 heavy (non-hydrogen) atoms. The van der Waals surface area contributed by atoms with Crippen molar-refractivity contribution < 1.29 is 40.6 Å². The first kappa shape index (κ1) is 23.1. The second-order valence-corrected chi connectivity index (χ2v) is 8.06. The standard InChI is InChI=1S/C22H20F6N2O3/c23-21(24,25)32-17-6-4-15(5-7-17)30-13-10-20(19(30)31)8-11-29(12-9-20)16-2-1-3-18(14-16)33-22(26,27)28/h1-7,14H,8-13H2. The number of ether oxygens (including phenoxy) is 2. The summed E-state index contributed by atoms with van der Waals surface area (Å²) >= 11 is 0. The highest BCUT2D eigenvalue weighted by Gasteiger charge is 2.48.